The van der Waals surface area contributed by atoms with E-state index in [9.17, 15) is 14.0 Å². The Bertz CT molecular complexity index is 701. The van der Waals surface area contributed by atoms with Crippen LogP contribution in [-0.2, 0) is 9.59 Å². The molecule has 34 heavy (non-hydrogen) atoms. The number of carbonyl (C=O) groups excluding carboxylic acids is 2. The lowest BCUT2D eigenvalue weighted by atomic mass is 9.65. The van der Waals surface area contributed by atoms with Crippen LogP contribution in [0.5, 0.6) is 0 Å². The number of nitrogens with one attached hydrogen (secondary N) is 3. The van der Waals surface area contributed by atoms with Crippen LogP contribution in [0.4, 0.5) is 4.39 Å². The molecule has 4 rings (SSSR count). The maximum Gasteiger partial charge on any atom is 0.227 e. The van der Waals surface area contributed by atoms with Crippen LogP contribution in [0.2, 0.25) is 0 Å². The summed E-state index contributed by atoms with van der Waals surface area (Å²) in [4.78, 5) is 27.7. The maximum absolute atomic E-state index is 14.6. The molecule has 7 N–H and O–H groups in total. The minimum Gasteiger partial charge on any atom is -0.351 e. The van der Waals surface area contributed by atoms with E-state index >= 15 is 0 Å². The number of halogens is 1. The highest BCUT2D eigenvalue weighted by Gasteiger charge is 2.43. The van der Waals surface area contributed by atoms with Gasteiger partial charge in [-0.15, -0.1) is 0 Å². The number of rotatable bonds is 6. The van der Waals surface area contributed by atoms with Crippen LogP contribution in [0.15, 0.2) is 0 Å². The normalized spacial score (nSPS) is 33.5. The monoisotopic (exact) mass is 480 g/mol. The van der Waals surface area contributed by atoms with E-state index < -0.39 is 18.3 Å². The molecule has 0 bridgehead atoms. The third-order valence-corrected chi connectivity index (χ3v) is 8.89. The Morgan fingerprint density at radius 3 is 2.65 bits per heavy atom. The quantitative estimate of drug-likeness (QED) is 0.361. The van der Waals surface area contributed by atoms with Gasteiger partial charge in [0.1, 0.15) is 6.17 Å². The van der Waals surface area contributed by atoms with Crippen LogP contribution in [-0.4, -0.2) is 73.9 Å². The van der Waals surface area contributed by atoms with Gasteiger partial charge >= 0.3 is 0 Å². The van der Waals surface area contributed by atoms with Crippen molar-refractivity contribution >= 4 is 11.8 Å². The van der Waals surface area contributed by atoms with Crippen LogP contribution < -0.4 is 27.4 Å². The average Bonchev–Trinajstić information content (AvgIpc) is 3.21. The number of likely N-dealkylation sites (tertiary alicyclic amines) is 1. The van der Waals surface area contributed by atoms with Gasteiger partial charge in [0.05, 0.1) is 12.1 Å². The average molecular weight is 481 g/mol. The van der Waals surface area contributed by atoms with Gasteiger partial charge in [-0.2, -0.15) is 0 Å². The summed E-state index contributed by atoms with van der Waals surface area (Å²) in [5, 5.41) is 9.97. The van der Waals surface area contributed by atoms with Crippen molar-refractivity contribution in [2.75, 3.05) is 32.7 Å². The number of nitrogens with zero attached hydrogens (tertiary/aromatic N) is 1. The minimum absolute atomic E-state index is 0.0686. The summed E-state index contributed by atoms with van der Waals surface area (Å²) < 4.78 is 14.6. The molecule has 4 fully saturated rings. The third-order valence-electron chi connectivity index (χ3n) is 8.89. The summed E-state index contributed by atoms with van der Waals surface area (Å²) in [6.07, 6.45) is 8.71. The Labute approximate surface area is 203 Å². The number of amides is 2. The smallest absolute Gasteiger partial charge is 0.227 e. The van der Waals surface area contributed by atoms with Gasteiger partial charge in [0.25, 0.3) is 0 Å². The van der Waals surface area contributed by atoms with Gasteiger partial charge in [0, 0.05) is 44.7 Å². The van der Waals surface area contributed by atoms with Crippen molar-refractivity contribution in [3.05, 3.63) is 0 Å². The summed E-state index contributed by atoms with van der Waals surface area (Å²) in [5.41, 5.74) is 12.5. The molecule has 0 aromatic carbocycles. The number of nitrogens with two attached hydrogens (primary N) is 2. The molecule has 8 nitrogen and oxygen atoms in total. The van der Waals surface area contributed by atoms with Gasteiger partial charge in [0.2, 0.25) is 11.8 Å². The van der Waals surface area contributed by atoms with Crippen LogP contribution in [0.3, 0.4) is 0 Å². The van der Waals surface area contributed by atoms with E-state index in [0.717, 1.165) is 51.6 Å². The van der Waals surface area contributed by atoms with Crippen molar-refractivity contribution in [1.82, 2.24) is 20.9 Å². The van der Waals surface area contributed by atoms with Gasteiger partial charge in [-0.3, -0.25) is 9.59 Å². The zero-order chi connectivity index (χ0) is 24.1. The lowest BCUT2D eigenvalue weighted by molar-refractivity contribution is -0.129. The third kappa shape index (κ3) is 6.28. The molecule has 0 aromatic rings. The van der Waals surface area contributed by atoms with E-state index in [4.69, 9.17) is 11.5 Å². The molecule has 1 saturated carbocycles. The number of hydrogen-bond donors (Lipinski definition) is 5. The van der Waals surface area contributed by atoms with Gasteiger partial charge < -0.3 is 32.3 Å². The molecule has 4 aliphatic rings. The first-order valence-corrected chi connectivity index (χ1v) is 13.5. The molecule has 5 atom stereocenters. The first-order valence-electron chi connectivity index (χ1n) is 13.5. The highest BCUT2D eigenvalue weighted by molar-refractivity contribution is 5.80. The zero-order valence-electron chi connectivity index (χ0n) is 20.6. The molecule has 0 aromatic heterocycles. The minimum atomic E-state index is -0.913. The molecule has 3 saturated heterocycles. The van der Waals surface area contributed by atoms with Crippen molar-refractivity contribution in [2.45, 2.75) is 95.1 Å². The predicted octanol–water partition coefficient (Wildman–Crippen LogP) is 0.994. The predicted molar refractivity (Wildman–Crippen MR) is 130 cm³/mol. The van der Waals surface area contributed by atoms with Crippen molar-refractivity contribution in [1.29, 1.82) is 0 Å². The Hall–Kier alpha value is -1.29. The van der Waals surface area contributed by atoms with E-state index in [1.165, 1.54) is 19.3 Å². The highest BCUT2D eigenvalue weighted by Crippen LogP contribution is 2.46. The molecule has 1 aliphatic carbocycles. The highest BCUT2D eigenvalue weighted by atomic mass is 19.1. The fourth-order valence-corrected chi connectivity index (χ4v) is 6.88. The van der Waals surface area contributed by atoms with Crippen LogP contribution >= 0.6 is 0 Å². The van der Waals surface area contributed by atoms with Crippen LogP contribution in [0.25, 0.3) is 0 Å². The van der Waals surface area contributed by atoms with Gasteiger partial charge in [0.15, 0.2) is 0 Å². The Balaban J connectivity index is 1.46. The molecule has 1 spiro atoms. The largest absolute Gasteiger partial charge is 0.351 e. The molecular weight excluding hydrogens is 435 g/mol. The van der Waals surface area contributed by atoms with Crippen molar-refractivity contribution in [3.63, 3.8) is 0 Å². The first-order chi connectivity index (χ1) is 16.4. The van der Waals surface area contributed by atoms with Crippen molar-refractivity contribution < 1.29 is 14.0 Å². The van der Waals surface area contributed by atoms with E-state index in [1.54, 1.807) is 0 Å². The lowest BCUT2D eigenvalue weighted by Gasteiger charge is -2.45. The topological polar surface area (TPSA) is 126 Å². The molecular formula is C25H45FN6O2. The summed E-state index contributed by atoms with van der Waals surface area (Å²) in [5.74, 6) is -0.365. The Morgan fingerprint density at radius 1 is 1.15 bits per heavy atom. The van der Waals surface area contributed by atoms with E-state index in [0.29, 0.717) is 25.9 Å². The van der Waals surface area contributed by atoms with Crippen LogP contribution in [0.1, 0.15) is 70.6 Å². The Kier molecular flexibility index (Phi) is 8.82. The molecule has 9 heteroatoms. The molecule has 3 aliphatic heterocycles. The lowest BCUT2D eigenvalue weighted by Crippen LogP contribution is -2.62. The molecule has 194 valence electrons. The standard InChI is InChI=1S/C25H45FN6O2/c26-18-6-10-25(8-2-1-3-9-25)13-19(30-14-18)22(23(27)28)24(34)31-20-15-29-11-7-17(20)16-32-12-4-5-21(32)33/h17-20,22-23,29-30H,1-16,27-28H2,(H,31,34). The van der Waals surface area contributed by atoms with Gasteiger partial charge in [-0.25, -0.2) is 4.39 Å². The summed E-state index contributed by atoms with van der Waals surface area (Å²) in [6.45, 7) is 3.27. The second kappa shape index (κ2) is 11.6. The van der Waals surface area contributed by atoms with Crippen LogP contribution in [0, 0.1) is 17.3 Å². The van der Waals surface area contributed by atoms with Crippen molar-refractivity contribution in [2.24, 2.45) is 28.7 Å². The Morgan fingerprint density at radius 2 is 1.94 bits per heavy atom. The van der Waals surface area contributed by atoms with E-state index in [1.807, 2.05) is 4.90 Å². The SMILES string of the molecule is NC(N)C(C(=O)NC1CNCCC1CN1CCCC1=O)C1CC2(CCCCC2)CCC(F)CN1. The summed E-state index contributed by atoms with van der Waals surface area (Å²) >= 11 is 0. The van der Waals surface area contributed by atoms with Gasteiger partial charge in [-0.1, -0.05) is 19.3 Å². The van der Waals surface area contributed by atoms with Gasteiger partial charge in [-0.05, 0) is 62.8 Å². The number of hydrogen-bond acceptors (Lipinski definition) is 6. The number of carbonyl (C=O) groups is 2. The second-order valence-corrected chi connectivity index (χ2v) is 11.3. The number of alkyl halides is 1. The zero-order valence-corrected chi connectivity index (χ0v) is 20.6. The summed E-state index contributed by atoms with van der Waals surface area (Å²) in [7, 11) is 0. The fourth-order valence-electron chi connectivity index (χ4n) is 6.88. The van der Waals surface area contributed by atoms with E-state index in [-0.39, 0.29) is 41.8 Å². The summed E-state index contributed by atoms with van der Waals surface area (Å²) in [6, 6.07) is -0.325. The van der Waals surface area contributed by atoms with E-state index in [2.05, 4.69) is 16.0 Å². The molecule has 0 radical (unpaired) electrons. The maximum atomic E-state index is 14.6. The second-order valence-electron chi connectivity index (χ2n) is 11.3. The fraction of sp³-hybridized carbons (Fsp3) is 0.920. The molecule has 3 heterocycles. The van der Waals surface area contributed by atoms with Crippen molar-refractivity contribution in [3.8, 4) is 0 Å². The molecule has 2 amide bonds. The number of piperidine rings is 1. The first kappa shape index (κ1) is 25.8. The molecule has 5 unspecified atom stereocenters.